The molecule has 1 aliphatic rings. The van der Waals surface area contributed by atoms with Crippen LogP contribution in [0, 0.1) is 12.7 Å². The van der Waals surface area contributed by atoms with Crippen molar-refractivity contribution in [1.82, 2.24) is 19.4 Å². The smallest absolute Gasteiger partial charge is 0.242 e. The summed E-state index contributed by atoms with van der Waals surface area (Å²) >= 11 is 0. The number of anilines is 2. The Balaban J connectivity index is 1.39. The Hall–Kier alpha value is -4.53. The van der Waals surface area contributed by atoms with Crippen molar-refractivity contribution in [3.63, 3.8) is 0 Å². The van der Waals surface area contributed by atoms with E-state index in [1.807, 2.05) is 4.90 Å². The summed E-state index contributed by atoms with van der Waals surface area (Å²) in [4.78, 5) is 37.9. The lowest BCUT2D eigenvalue weighted by Crippen LogP contribution is -2.49. The number of amides is 2. The van der Waals surface area contributed by atoms with Crippen molar-refractivity contribution in [2.45, 2.75) is 20.4 Å². The first-order valence-corrected chi connectivity index (χ1v) is 12.5. The van der Waals surface area contributed by atoms with Crippen LogP contribution in [0.25, 0.3) is 22.5 Å². The van der Waals surface area contributed by atoms with Crippen LogP contribution in [-0.2, 0) is 16.1 Å². The molecule has 9 heteroatoms. The molecule has 2 amide bonds. The van der Waals surface area contributed by atoms with E-state index >= 15 is 0 Å². The van der Waals surface area contributed by atoms with Crippen LogP contribution in [0.15, 0.2) is 73.2 Å². The molecular formula is C29H29FN6O2. The number of imidazole rings is 1. The van der Waals surface area contributed by atoms with Gasteiger partial charge < -0.3 is 19.7 Å². The predicted octanol–water partition coefficient (Wildman–Crippen LogP) is 4.37. The Kier molecular flexibility index (Phi) is 7.17. The Morgan fingerprint density at radius 3 is 2.32 bits per heavy atom. The molecule has 2 aromatic heterocycles. The van der Waals surface area contributed by atoms with Crippen molar-refractivity contribution < 1.29 is 14.0 Å². The zero-order valence-electron chi connectivity index (χ0n) is 21.4. The van der Waals surface area contributed by atoms with Gasteiger partial charge in [-0.3, -0.25) is 9.59 Å². The average Bonchev–Trinajstić information content (AvgIpc) is 3.33. The minimum atomic E-state index is -0.341. The van der Waals surface area contributed by atoms with Gasteiger partial charge in [0.25, 0.3) is 0 Å². The highest BCUT2D eigenvalue weighted by Gasteiger charge is 2.24. The van der Waals surface area contributed by atoms with Crippen LogP contribution in [0.1, 0.15) is 12.5 Å². The van der Waals surface area contributed by atoms with Crippen LogP contribution in [0.2, 0.25) is 0 Å². The molecule has 1 N–H and O–H groups in total. The van der Waals surface area contributed by atoms with E-state index in [2.05, 4.69) is 51.4 Å². The second kappa shape index (κ2) is 10.8. The third kappa shape index (κ3) is 5.56. The van der Waals surface area contributed by atoms with Crippen molar-refractivity contribution in [3.05, 3.63) is 84.6 Å². The molecule has 2 aromatic carbocycles. The fraction of sp³-hybridized carbons (Fsp3) is 0.241. The Morgan fingerprint density at radius 2 is 1.63 bits per heavy atom. The maximum Gasteiger partial charge on any atom is 0.242 e. The van der Waals surface area contributed by atoms with E-state index < -0.39 is 0 Å². The molecule has 8 nitrogen and oxygen atoms in total. The monoisotopic (exact) mass is 512 g/mol. The van der Waals surface area contributed by atoms with E-state index in [-0.39, 0.29) is 24.2 Å². The summed E-state index contributed by atoms with van der Waals surface area (Å²) in [6.45, 7) is 6.37. The van der Waals surface area contributed by atoms with Gasteiger partial charge in [0.05, 0.1) is 17.7 Å². The first-order valence-electron chi connectivity index (χ1n) is 12.5. The number of carbonyl (C=O) groups is 2. The first-order chi connectivity index (χ1) is 18.4. The van der Waals surface area contributed by atoms with Gasteiger partial charge >= 0.3 is 0 Å². The maximum absolute atomic E-state index is 13.6. The average molecular weight is 513 g/mol. The number of nitrogens with zero attached hydrogens (tertiary/aromatic N) is 5. The van der Waals surface area contributed by atoms with Gasteiger partial charge in [-0.2, -0.15) is 0 Å². The van der Waals surface area contributed by atoms with E-state index in [9.17, 15) is 14.0 Å². The molecule has 1 fully saturated rings. The Morgan fingerprint density at radius 1 is 0.921 bits per heavy atom. The van der Waals surface area contributed by atoms with Crippen LogP contribution in [0.3, 0.4) is 0 Å². The van der Waals surface area contributed by atoms with E-state index in [0.717, 1.165) is 29.9 Å². The molecule has 1 saturated heterocycles. The van der Waals surface area contributed by atoms with Crippen molar-refractivity contribution in [2.24, 2.45) is 0 Å². The first kappa shape index (κ1) is 25.1. The standard InChI is InChI=1S/C29H29FN6O2/c1-20-3-9-25(10-4-20)34-13-15-35(16-14-34)27(38)18-36-19-32-28(22-5-7-24(30)8-6-22)29(36)23-11-12-31-26(17-23)33-21(2)37/h3-12,17,19H,13-16,18H2,1-2H3,(H,31,33,37). The molecule has 0 saturated carbocycles. The SMILES string of the molecule is CC(=O)Nc1cc(-c2c(-c3ccc(F)cc3)ncn2CC(=O)N2CCN(c3ccc(C)cc3)CC2)ccn1. The molecule has 4 aromatic rings. The van der Waals surface area contributed by atoms with Crippen molar-refractivity contribution >= 4 is 23.3 Å². The molecule has 0 aliphatic carbocycles. The zero-order chi connectivity index (χ0) is 26.6. The molecule has 194 valence electrons. The number of carbonyl (C=O) groups excluding carboxylic acids is 2. The predicted molar refractivity (Wildman–Crippen MR) is 145 cm³/mol. The lowest BCUT2D eigenvalue weighted by Gasteiger charge is -2.36. The summed E-state index contributed by atoms with van der Waals surface area (Å²) in [5, 5.41) is 2.70. The molecule has 0 atom stereocenters. The zero-order valence-corrected chi connectivity index (χ0v) is 21.4. The highest BCUT2D eigenvalue weighted by atomic mass is 19.1. The Bertz CT molecular complexity index is 1440. The molecule has 0 unspecified atom stereocenters. The normalized spacial score (nSPS) is 13.4. The number of benzene rings is 2. The number of hydrogen-bond donors (Lipinski definition) is 1. The number of piperazine rings is 1. The maximum atomic E-state index is 13.6. The summed E-state index contributed by atoms with van der Waals surface area (Å²) in [6, 6.07) is 18.1. The number of aryl methyl sites for hydroxylation is 1. The number of aromatic nitrogens is 3. The van der Waals surface area contributed by atoms with Crippen LogP contribution in [-0.4, -0.2) is 57.4 Å². The summed E-state index contributed by atoms with van der Waals surface area (Å²) in [5.74, 6) is -0.186. The van der Waals surface area contributed by atoms with Crippen LogP contribution in [0.4, 0.5) is 15.9 Å². The van der Waals surface area contributed by atoms with Gasteiger partial charge in [0.2, 0.25) is 11.8 Å². The van der Waals surface area contributed by atoms with Gasteiger partial charge in [-0.05, 0) is 55.5 Å². The van der Waals surface area contributed by atoms with Gasteiger partial charge in [0.15, 0.2) is 0 Å². The van der Waals surface area contributed by atoms with Crippen molar-refractivity contribution in [3.8, 4) is 22.5 Å². The second-order valence-corrected chi connectivity index (χ2v) is 9.39. The third-order valence-electron chi connectivity index (χ3n) is 6.63. The largest absolute Gasteiger partial charge is 0.368 e. The van der Waals surface area contributed by atoms with E-state index in [0.29, 0.717) is 30.3 Å². The molecule has 5 rings (SSSR count). The number of hydrogen-bond acceptors (Lipinski definition) is 5. The molecular weight excluding hydrogens is 483 g/mol. The summed E-state index contributed by atoms with van der Waals surface area (Å²) in [7, 11) is 0. The molecule has 0 bridgehead atoms. The van der Waals surface area contributed by atoms with Gasteiger partial charge in [-0.15, -0.1) is 0 Å². The minimum Gasteiger partial charge on any atom is -0.368 e. The number of halogens is 1. The summed E-state index contributed by atoms with van der Waals surface area (Å²) in [5.41, 5.74) is 5.14. The lowest BCUT2D eigenvalue weighted by atomic mass is 10.1. The van der Waals surface area contributed by atoms with Gasteiger partial charge in [-0.25, -0.2) is 14.4 Å². The molecule has 0 radical (unpaired) electrons. The minimum absolute atomic E-state index is 0.00555. The van der Waals surface area contributed by atoms with Crippen LogP contribution >= 0.6 is 0 Å². The topological polar surface area (TPSA) is 83.4 Å². The fourth-order valence-electron chi connectivity index (χ4n) is 4.67. The van der Waals surface area contributed by atoms with Crippen LogP contribution < -0.4 is 10.2 Å². The van der Waals surface area contributed by atoms with Gasteiger partial charge in [0.1, 0.15) is 18.2 Å². The van der Waals surface area contributed by atoms with Crippen molar-refractivity contribution in [1.29, 1.82) is 0 Å². The summed E-state index contributed by atoms with van der Waals surface area (Å²) < 4.78 is 15.4. The molecule has 0 spiro atoms. The Labute approximate surface area is 220 Å². The second-order valence-electron chi connectivity index (χ2n) is 9.39. The van der Waals surface area contributed by atoms with E-state index in [1.54, 1.807) is 41.4 Å². The summed E-state index contributed by atoms with van der Waals surface area (Å²) in [6.07, 6.45) is 3.23. The number of nitrogens with one attached hydrogen (secondary N) is 1. The number of pyridine rings is 1. The molecule has 3 heterocycles. The highest BCUT2D eigenvalue weighted by molar-refractivity contribution is 5.89. The van der Waals surface area contributed by atoms with Gasteiger partial charge in [0, 0.05) is 56.1 Å². The van der Waals surface area contributed by atoms with Crippen LogP contribution in [0.5, 0.6) is 0 Å². The van der Waals surface area contributed by atoms with E-state index in [1.165, 1.54) is 24.6 Å². The van der Waals surface area contributed by atoms with E-state index in [4.69, 9.17) is 0 Å². The lowest BCUT2D eigenvalue weighted by molar-refractivity contribution is -0.132. The third-order valence-corrected chi connectivity index (χ3v) is 6.63. The molecule has 38 heavy (non-hydrogen) atoms. The van der Waals surface area contributed by atoms with Crippen molar-refractivity contribution in [2.75, 3.05) is 36.4 Å². The fourth-order valence-corrected chi connectivity index (χ4v) is 4.67. The molecule has 1 aliphatic heterocycles. The quantitative estimate of drug-likeness (QED) is 0.415. The number of rotatable bonds is 6. The van der Waals surface area contributed by atoms with Gasteiger partial charge in [-0.1, -0.05) is 17.7 Å². The highest BCUT2D eigenvalue weighted by Crippen LogP contribution is 2.32.